The molecule has 3 heterocycles. The van der Waals surface area contributed by atoms with Crippen molar-refractivity contribution < 1.29 is 28.5 Å². The molecule has 1 amide bonds. The van der Waals surface area contributed by atoms with Gasteiger partial charge in [0, 0.05) is 30.7 Å². The van der Waals surface area contributed by atoms with Gasteiger partial charge in [-0.2, -0.15) is 0 Å². The van der Waals surface area contributed by atoms with Gasteiger partial charge in [-0.05, 0) is 43.2 Å². The van der Waals surface area contributed by atoms with E-state index in [2.05, 4.69) is 10.3 Å². The molecule has 1 atom stereocenters. The summed E-state index contributed by atoms with van der Waals surface area (Å²) in [7, 11) is 0. The number of hydrogen-bond donors (Lipinski definition) is 2. The van der Waals surface area contributed by atoms with Crippen LogP contribution in [0.25, 0.3) is 11.0 Å². The zero-order chi connectivity index (χ0) is 21.2. The van der Waals surface area contributed by atoms with E-state index in [4.69, 9.17) is 18.6 Å². The standard InChI is InChI=1S/C23H22N2O6/c26-16-5-3-14-10-18(22(27)24-13-17-2-1-7-28-17)23(31-20(14)12-16)25-15-4-6-19-21(11-15)30-9-8-29-19/h3-6,10-12,17,26H,1-2,7-9,13H2,(H,24,27)/t17-/m0/s1. The highest BCUT2D eigenvalue weighted by molar-refractivity contribution is 5.96. The van der Waals surface area contributed by atoms with E-state index in [1.165, 1.54) is 6.07 Å². The van der Waals surface area contributed by atoms with Gasteiger partial charge in [0.1, 0.15) is 30.1 Å². The van der Waals surface area contributed by atoms with Gasteiger partial charge in [-0.25, -0.2) is 4.99 Å². The Labute approximate surface area is 178 Å². The number of rotatable bonds is 4. The number of nitrogens with one attached hydrogen (secondary N) is 1. The highest BCUT2D eigenvalue weighted by atomic mass is 16.6. The molecule has 1 saturated heterocycles. The summed E-state index contributed by atoms with van der Waals surface area (Å²) in [6, 6.07) is 11.7. The van der Waals surface area contributed by atoms with Crippen LogP contribution in [0, 0.1) is 0 Å². The highest BCUT2D eigenvalue weighted by Gasteiger charge is 2.19. The number of carbonyl (C=O) groups is 1. The van der Waals surface area contributed by atoms with Crippen LogP contribution in [0.1, 0.15) is 23.2 Å². The van der Waals surface area contributed by atoms with Gasteiger partial charge < -0.3 is 29.1 Å². The SMILES string of the molecule is O=C(NC[C@@H]1CCCO1)c1cc2ccc(O)cc2oc1=Nc1ccc2c(c1)OCCO2. The molecule has 2 aromatic carbocycles. The molecule has 0 spiro atoms. The summed E-state index contributed by atoms with van der Waals surface area (Å²) >= 11 is 0. The minimum Gasteiger partial charge on any atom is -0.508 e. The van der Waals surface area contributed by atoms with Gasteiger partial charge in [0.05, 0.1) is 11.8 Å². The van der Waals surface area contributed by atoms with E-state index in [1.54, 1.807) is 36.4 Å². The molecule has 0 bridgehead atoms. The molecule has 160 valence electrons. The minimum absolute atomic E-state index is 0.0245. The van der Waals surface area contributed by atoms with Crippen LogP contribution in [0.2, 0.25) is 0 Å². The van der Waals surface area contributed by atoms with Gasteiger partial charge >= 0.3 is 0 Å². The molecule has 0 saturated carbocycles. The second-order valence-corrected chi connectivity index (χ2v) is 7.47. The maximum atomic E-state index is 13.0. The van der Waals surface area contributed by atoms with Crippen LogP contribution in [0.3, 0.4) is 0 Å². The molecular weight excluding hydrogens is 400 g/mol. The van der Waals surface area contributed by atoms with E-state index in [1.807, 2.05) is 0 Å². The third-order valence-electron chi connectivity index (χ3n) is 5.25. The van der Waals surface area contributed by atoms with Crippen LogP contribution >= 0.6 is 0 Å². The highest BCUT2D eigenvalue weighted by Crippen LogP contribution is 2.33. The van der Waals surface area contributed by atoms with Gasteiger partial charge in [0.2, 0.25) is 5.55 Å². The Balaban J connectivity index is 1.55. The number of ether oxygens (including phenoxy) is 3. The van der Waals surface area contributed by atoms with E-state index in [-0.39, 0.29) is 23.3 Å². The van der Waals surface area contributed by atoms with E-state index in [0.717, 1.165) is 19.4 Å². The van der Waals surface area contributed by atoms with Gasteiger partial charge in [0.25, 0.3) is 5.91 Å². The lowest BCUT2D eigenvalue weighted by Gasteiger charge is -2.18. The van der Waals surface area contributed by atoms with Crippen LogP contribution in [0.5, 0.6) is 17.2 Å². The summed E-state index contributed by atoms with van der Waals surface area (Å²) in [5, 5.41) is 13.4. The fourth-order valence-corrected chi connectivity index (χ4v) is 3.68. The van der Waals surface area contributed by atoms with Gasteiger partial charge in [-0.1, -0.05) is 0 Å². The second kappa shape index (κ2) is 8.31. The summed E-state index contributed by atoms with van der Waals surface area (Å²) in [6.45, 7) is 2.12. The zero-order valence-electron chi connectivity index (χ0n) is 16.8. The predicted octanol–water partition coefficient (Wildman–Crippen LogP) is 3.05. The lowest BCUT2D eigenvalue weighted by atomic mass is 10.1. The number of aromatic hydroxyl groups is 1. The molecule has 1 aromatic heterocycles. The molecule has 3 aromatic rings. The maximum absolute atomic E-state index is 13.0. The molecular formula is C23H22N2O6. The third kappa shape index (κ3) is 4.20. The van der Waals surface area contributed by atoms with Gasteiger partial charge in [0.15, 0.2) is 11.5 Å². The normalized spacial score (nSPS) is 18.3. The summed E-state index contributed by atoms with van der Waals surface area (Å²) in [5.41, 5.74) is 1.42. The first kappa shape index (κ1) is 19.4. The van der Waals surface area contributed by atoms with Crippen molar-refractivity contribution in [2.24, 2.45) is 4.99 Å². The lowest BCUT2D eigenvalue weighted by molar-refractivity contribution is 0.0854. The zero-order valence-corrected chi connectivity index (χ0v) is 16.8. The monoisotopic (exact) mass is 422 g/mol. The Morgan fingerprint density at radius 2 is 1.94 bits per heavy atom. The summed E-state index contributed by atoms with van der Waals surface area (Å²) in [6.07, 6.45) is 1.95. The first-order valence-electron chi connectivity index (χ1n) is 10.3. The molecule has 0 unspecified atom stereocenters. The third-order valence-corrected chi connectivity index (χ3v) is 5.25. The average molecular weight is 422 g/mol. The summed E-state index contributed by atoms with van der Waals surface area (Å²) in [5.74, 6) is 1.01. The number of carbonyl (C=O) groups excluding carboxylic acids is 1. The van der Waals surface area contributed by atoms with Crippen molar-refractivity contribution >= 4 is 22.6 Å². The minimum atomic E-state index is -0.300. The van der Waals surface area contributed by atoms with Crippen LogP contribution in [-0.4, -0.2) is 43.5 Å². The van der Waals surface area contributed by atoms with E-state index in [9.17, 15) is 9.90 Å². The lowest BCUT2D eigenvalue weighted by Crippen LogP contribution is -2.34. The number of phenolic OH excluding ortho intramolecular Hbond substituents is 1. The van der Waals surface area contributed by atoms with Crippen molar-refractivity contribution in [3.63, 3.8) is 0 Å². The topological polar surface area (TPSA) is 103 Å². The first-order valence-corrected chi connectivity index (χ1v) is 10.3. The van der Waals surface area contributed by atoms with Crippen LogP contribution in [0.15, 0.2) is 51.9 Å². The van der Waals surface area contributed by atoms with Crippen molar-refractivity contribution in [1.82, 2.24) is 5.32 Å². The summed E-state index contributed by atoms with van der Waals surface area (Å²) in [4.78, 5) is 17.5. The van der Waals surface area contributed by atoms with Crippen molar-refractivity contribution in [2.45, 2.75) is 18.9 Å². The van der Waals surface area contributed by atoms with Crippen molar-refractivity contribution in [1.29, 1.82) is 0 Å². The van der Waals surface area contributed by atoms with Gasteiger partial charge in [-0.15, -0.1) is 0 Å². The molecule has 0 aliphatic carbocycles. The van der Waals surface area contributed by atoms with E-state index in [0.29, 0.717) is 53.5 Å². The first-order chi connectivity index (χ1) is 15.2. The van der Waals surface area contributed by atoms with Crippen molar-refractivity contribution in [2.75, 3.05) is 26.4 Å². The summed E-state index contributed by atoms with van der Waals surface area (Å²) < 4.78 is 22.7. The van der Waals surface area contributed by atoms with Crippen LogP contribution in [0.4, 0.5) is 5.69 Å². The molecule has 2 aliphatic heterocycles. The molecule has 31 heavy (non-hydrogen) atoms. The van der Waals surface area contributed by atoms with E-state index >= 15 is 0 Å². The van der Waals surface area contributed by atoms with Crippen LogP contribution in [-0.2, 0) is 4.74 Å². The Hall–Kier alpha value is -3.52. The molecule has 2 aliphatic rings. The molecule has 1 fully saturated rings. The van der Waals surface area contributed by atoms with Crippen LogP contribution < -0.4 is 20.3 Å². The molecule has 5 rings (SSSR count). The number of benzene rings is 2. The fourth-order valence-electron chi connectivity index (χ4n) is 3.68. The van der Waals surface area contributed by atoms with Crippen molar-refractivity contribution in [3.8, 4) is 17.2 Å². The molecule has 8 nitrogen and oxygen atoms in total. The Bertz CT molecular complexity index is 1200. The quantitative estimate of drug-likeness (QED) is 0.670. The number of phenols is 1. The smallest absolute Gasteiger partial charge is 0.256 e. The van der Waals surface area contributed by atoms with E-state index < -0.39 is 0 Å². The molecule has 0 radical (unpaired) electrons. The Kier molecular flexibility index (Phi) is 5.21. The number of fused-ring (bicyclic) bond motifs is 2. The Morgan fingerprint density at radius 1 is 1.06 bits per heavy atom. The molecule has 2 N–H and O–H groups in total. The Morgan fingerprint density at radius 3 is 2.77 bits per heavy atom. The maximum Gasteiger partial charge on any atom is 0.256 e. The predicted molar refractivity (Wildman–Crippen MR) is 112 cm³/mol. The number of hydrogen-bond acceptors (Lipinski definition) is 7. The largest absolute Gasteiger partial charge is 0.508 e. The fraction of sp³-hybridized carbons (Fsp3) is 0.304. The van der Waals surface area contributed by atoms with Crippen molar-refractivity contribution in [3.05, 3.63) is 53.6 Å². The molecule has 8 heteroatoms. The number of amides is 1. The average Bonchev–Trinajstić information content (AvgIpc) is 3.30. The second-order valence-electron chi connectivity index (χ2n) is 7.47. The van der Waals surface area contributed by atoms with Gasteiger partial charge in [-0.3, -0.25) is 4.79 Å². The number of nitrogens with zero attached hydrogens (tertiary/aromatic N) is 1.